The monoisotopic (exact) mass is 272 g/mol. The molecule has 1 unspecified atom stereocenters. The van der Waals surface area contributed by atoms with Crippen LogP contribution in [0.3, 0.4) is 0 Å². The van der Waals surface area contributed by atoms with Gasteiger partial charge in [-0.1, -0.05) is 18.2 Å². The van der Waals surface area contributed by atoms with Gasteiger partial charge in [-0.3, -0.25) is 10.1 Å². The fourth-order valence-electron chi connectivity index (χ4n) is 1.36. The molecular formula is C13H17ClO4. The van der Waals surface area contributed by atoms with Gasteiger partial charge in [-0.2, -0.15) is 0 Å². The maximum atomic E-state index is 11.2. The molecule has 1 atom stereocenters. The van der Waals surface area contributed by atoms with E-state index in [-0.39, 0.29) is 6.61 Å². The fourth-order valence-corrected chi connectivity index (χ4v) is 1.42. The molecule has 18 heavy (non-hydrogen) atoms. The van der Waals surface area contributed by atoms with Crippen molar-refractivity contribution in [2.75, 3.05) is 0 Å². The van der Waals surface area contributed by atoms with E-state index in [1.165, 1.54) is 0 Å². The molecule has 0 spiro atoms. The van der Waals surface area contributed by atoms with E-state index in [1.54, 1.807) is 20.8 Å². The number of carbonyl (C=O) groups is 1. The molecule has 100 valence electrons. The number of hydrogen-bond donors (Lipinski definition) is 1. The Kier molecular flexibility index (Phi) is 5.14. The number of hydrogen-bond acceptors (Lipinski definition) is 4. The highest BCUT2D eigenvalue weighted by molar-refractivity contribution is 6.29. The molecule has 0 heterocycles. The molecule has 0 fully saturated rings. The summed E-state index contributed by atoms with van der Waals surface area (Å²) in [5.74, 6) is -0.459. The van der Waals surface area contributed by atoms with Crippen molar-refractivity contribution in [3.63, 3.8) is 0 Å². The van der Waals surface area contributed by atoms with Gasteiger partial charge in [0.05, 0.1) is 0 Å². The molecule has 4 nitrogen and oxygen atoms in total. The standard InChI is InChI=1S/C13H17ClO4/c1-9(14)12(15)17-8-10-5-4-6-11(7-10)13(2,3)18-16/h4-7,9,16H,8H2,1-3H3. The summed E-state index contributed by atoms with van der Waals surface area (Å²) in [6, 6.07) is 7.26. The van der Waals surface area contributed by atoms with Crippen molar-refractivity contribution < 1.29 is 19.7 Å². The van der Waals surface area contributed by atoms with Crippen molar-refractivity contribution in [3.05, 3.63) is 35.4 Å². The molecular weight excluding hydrogens is 256 g/mol. The molecule has 0 aliphatic heterocycles. The summed E-state index contributed by atoms with van der Waals surface area (Å²) in [7, 11) is 0. The van der Waals surface area contributed by atoms with E-state index in [9.17, 15) is 4.79 Å². The van der Waals surface area contributed by atoms with Gasteiger partial charge in [-0.15, -0.1) is 11.6 Å². The van der Waals surface area contributed by atoms with E-state index in [0.29, 0.717) is 0 Å². The molecule has 0 saturated carbocycles. The average molecular weight is 273 g/mol. The zero-order valence-corrected chi connectivity index (χ0v) is 11.4. The molecule has 0 aromatic heterocycles. The Labute approximate surface area is 111 Å². The van der Waals surface area contributed by atoms with Crippen LogP contribution in [0.2, 0.25) is 0 Å². The smallest absolute Gasteiger partial charge is 0.324 e. The zero-order valence-electron chi connectivity index (χ0n) is 10.6. The predicted octanol–water partition coefficient (Wildman–Crippen LogP) is 3.08. The molecule has 5 heteroatoms. The van der Waals surface area contributed by atoms with Crippen molar-refractivity contribution in [3.8, 4) is 0 Å². The maximum absolute atomic E-state index is 11.2. The van der Waals surface area contributed by atoms with Gasteiger partial charge >= 0.3 is 5.97 Å². The quantitative estimate of drug-likeness (QED) is 0.387. The van der Waals surface area contributed by atoms with Gasteiger partial charge in [0.2, 0.25) is 0 Å². The van der Waals surface area contributed by atoms with Gasteiger partial charge in [0.25, 0.3) is 0 Å². The largest absolute Gasteiger partial charge is 0.460 e. The zero-order chi connectivity index (χ0) is 13.8. The minimum Gasteiger partial charge on any atom is -0.460 e. The second kappa shape index (κ2) is 6.18. The molecule has 0 aliphatic rings. The number of esters is 1. The van der Waals surface area contributed by atoms with Crippen molar-refractivity contribution in [2.24, 2.45) is 0 Å². The van der Waals surface area contributed by atoms with E-state index in [2.05, 4.69) is 4.89 Å². The number of rotatable bonds is 5. The highest BCUT2D eigenvalue weighted by Crippen LogP contribution is 2.24. The van der Waals surface area contributed by atoms with E-state index in [1.807, 2.05) is 24.3 Å². The summed E-state index contributed by atoms with van der Waals surface area (Å²) in [5.41, 5.74) is 0.792. The number of alkyl halides is 1. The molecule has 0 amide bonds. The third kappa shape index (κ3) is 3.98. The van der Waals surface area contributed by atoms with Crippen molar-refractivity contribution in [1.29, 1.82) is 0 Å². The van der Waals surface area contributed by atoms with Crippen LogP contribution in [0.15, 0.2) is 24.3 Å². The Morgan fingerprint density at radius 3 is 2.72 bits per heavy atom. The number of carbonyl (C=O) groups excluding carboxylic acids is 1. The Morgan fingerprint density at radius 2 is 2.17 bits per heavy atom. The van der Waals surface area contributed by atoms with Crippen LogP contribution < -0.4 is 0 Å². The Balaban J connectivity index is 2.74. The lowest BCUT2D eigenvalue weighted by Crippen LogP contribution is -2.20. The van der Waals surface area contributed by atoms with Crippen LogP contribution in [0.5, 0.6) is 0 Å². The summed E-state index contributed by atoms with van der Waals surface area (Å²) < 4.78 is 5.02. The lowest BCUT2D eigenvalue weighted by atomic mass is 9.97. The van der Waals surface area contributed by atoms with Gasteiger partial charge in [0.1, 0.15) is 17.6 Å². The second-order valence-corrected chi connectivity index (χ2v) is 5.18. The molecule has 1 aromatic rings. The van der Waals surface area contributed by atoms with Crippen LogP contribution in [0.1, 0.15) is 31.9 Å². The first-order valence-electron chi connectivity index (χ1n) is 5.59. The number of ether oxygens (including phenoxy) is 1. The summed E-state index contributed by atoms with van der Waals surface area (Å²) in [6.45, 7) is 5.17. The van der Waals surface area contributed by atoms with Crippen LogP contribution in [0.25, 0.3) is 0 Å². The summed E-state index contributed by atoms with van der Waals surface area (Å²) in [4.78, 5) is 15.6. The molecule has 0 saturated heterocycles. The van der Waals surface area contributed by atoms with Crippen molar-refractivity contribution in [1.82, 2.24) is 0 Å². The Morgan fingerprint density at radius 1 is 1.50 bits per heavy atom. The third-order valence-electron chi connectivity index (χ3n) is 2.56. The first-order valence-corrected chi connectivity index (χ1v) is 6.03. The molecule has 1 N–H and O–H groups in total. The van der Waals surface area contributed by atoms with E-state index in [0.717, 1.165) is 11.1 Å². The van der Waals surface area contributed by atoms with Gasteiger partial charge in [0, 0.05) is 0 Å². The maximum Gasteiger partial charge on any atom is 0.324 e. The lowest BCUT2D eigenvalue weighted by molar-refractivity contribution is -0.318. The van der Waals surface area contributed by atoms with Gasteiger partial charge < -0.3 is 4.74 Å². The van der Waals surface area contributed by atoms with Crippen LogP contribution >= 0.6 is 11.6 Å². The molecule has 1 aromatic carbocycles. The molecule has 0 bridgehead atoms. The number of halogens is 1. The van der Waals surface area contributed by atoms with Gasteiger partial charge in [-0.25, -0.2) is 4.89 Å². The molecule has 0 aliphatic carbocycles. The van der Waals surface area contributed by atoms with Crippen LogP contribution in [-0.4, -0.2) is 16.6 Å². The normalized spacial score (nSPS) is 13.2. The first kappa shape index (κ1) is 15.0. The first-order chi connectivity index (χ1) is 8.36. The summed E-state index contributed by atoms with van der Waals surface area (Å²) >= 11 is 5.59. The Bertz CT molecular complexity index is 415. The van der Waals surface area contributed by atoms with Crippen LogP contribution in [0, 0.1) is 0 Å². The van der Waals surface area contributed by atoms with Crippen LogP contribution in [-0.2, 0) is 26.6 Å². The highest BCUT2D eigenvalue weighted by Gasteiger charge is 2.21. The van der Waals surface area contributed by atoms with Crippen molar-refractivity contribution in [2.45, 2.75) is 38.4 Å². The second-order valence-electron chi connectivity index (χ2n) is 4.53. The minimum absolute atomic E-state index is 0.144. The number of benzene rings is 1. The minimum atomic E-state index is -0.806. The molecule has 0 radical (unpaired) electrons. The summed E-state index contributed by atoms with van der Waals surface area (Å²) in [5, 5.41) is 8.16. The van der Waals surface area contributed by atoms with Gasteiger partial charge in [0.15, 0.2) is 0 Å². The van der Waals surface area contributed by atoms with Gasteiger partial charge in [-0.05, 0) is 38.0 Å². The summed E-state index contributed by atoms with van der Waals surface area (Å²) in [6.07, 6.45) is 0. The van der Waals surface area contributed by atoms with E-state index < -0.39 is 16.9 Å². The van der Waals surface area contributed by atoms with E-state index >= 15 is 0 Å². The highest BCUT2D eigenvalue weighted by atomic mass is 35.5. The lowest BCUT2D eigenvalue weighted by Gasteiger charge is -2.21. The fraction of sp³-hybridized carbons (Fsp3) is 0.462. The van der Waals surface area contributed by atoms with E-state index in [4.69, 9.17) is 21.6 Å². The van der Waals surface area contributed by atoms with Crippen LogP contribution in [0.4, 0.5) is 0 Å². The Hall–Kier alpha value is -1.10. The SMILES string of the molecule is CC(Cl)C(=O)OCc1cccc(C(C)(C)OO)c1. The van der Waals surface area contributed by atoms with Crippen molar-refractivity contribution >= 4 is 17.6 Å². The topological polar surface area (TPSA) is 55.8 Å². The predicted molar refractivity (Wildman–Crippen MR) is 68.3 cm³/mol. The molecule has 1 rings (SSSR count). The average Bonchev–Trinajstić information content (AvgIpc) is 2.36. The third-order valence-corrected chi connectivity index (χ3v) is 2.73.